The lowest BCUT2D eigenvalue weighted by Gasteiger charge is -2.25. The maximum atomic E-state index is 12.6. The van der Waals surface area contributed by atoms with Gasteiger partial charge in [-0.3, -0.25) is 14.7 Å². The lowest BCUT2D eigenvalue weighted by atomic mass is 9.86. The summed E-state index contributed by atoms with van der Waals surface area (Å²) in [7, 11) is 0. The molecule has 4 nitrogen and oxygen atoms in total. The SMILES string of the molecule is C=C(CN(CC)CC)C(=O)NCC(CCC(C)=Nc1ccc(CC)cc1C)C1CCCC1. The van der Waals surface area contributed by atoms with E-state index in [4.69, 9.17) is 4.99 Å². The molecule has 1 amide bonds. The van der Waals surface area contributed by atoms with Crippen molar-refractivity contribution in [1.29, 1.82) is 0 Å². The van der Waals surface area contributed by atoms with Crippen LogP contribution in [-0.2, 0) is 11.2 Å². The second kappa shape index (κ2) is 13.6. The fourth-order valence-corrected chi connectivity index (χ4v) is 4.79. The highest BCUT2D eigenvalue weighted by molar-refractivity contribution is 5.93. The molecule has 1 N–H and O–H groups in total. The number of hydrogen-bond acceptors (Lipinski definition) is 3. The van der Waals surface area contributed by atoms with Gasteiger partial charge in [0.25, 0.3) is 0 Å². The van der Waals surface area contributed by atoms with E-state index in [0.717, 1.165) is 44.6 Å². The number of aryl methyl sites for hydroxylation is 2. The van der Waals surface area contributed by atoms with Crippen LogP contribution in [0.15, 0.2) is 35.3 Å². The summed E-state index contributed by atoms with van der Waals surface area (Å²) in [4.78, 5) is 19.8. The molecule has 1 aromatic rings. The highest BCUT2D eigenvalue weighted by atomic mass is 16.1. The Morgan fingerprint density at radius 3 is 2.50 bits per heavy atom. The molecular formula is C28H45N3O. The first-order valence-corrected chi connectivity index (χ1v) is 12.7. The molecule has 1 aliphatic rings. The molecule has 1 saturated carbocycles. The molecule has 1 fully saturated rings. The molecule has 1 atom stereocenters. The molecule has 0 heterocycles. The number of amides is 1. The lowest BCUT2D eigenvalue weighted by Crippen LogP contribution is -2.36. The number of benzene rings is 1. The van der Waals surface area contributed by atoms with E-state index in [1.54, 1.807) is 0 Å². The van der Waals surface area contributed by atoms with Crippen LogP contribution in [0, 0.1) is 18.8 Å². The zero-order valence-corrected chi connectivity index (χ0v) is 21.2. The van der Waals surface area contributed by atoms with Gasteiger partial charge >= 0.3 is 0 Å². The van der Waals surface area contributed by atoms with Crippen LogP contribution in [0.2, 0.25) is 0 Å². The lowest BCUT2D eigenvalue weighted by molar-refractivity contribution is -0.118. The van der Waals surface area contributed by atoms with Crippen LogP contribution < -0.4 is 5.32 Å². The zero-order chi connectivity index (χ0) is 23.5. The summed E-state index contributed by atoms with van der Waals surface area (Å²) in [5, 5.41) is 3.20. The molecule has 0 radical (unpaired) electrons. The predicted octanol–water partition coefficient (Wildman–Crippen LogP) is 6.25. The van der Waals surface area contributed by atoms with Crippen LogP contribution in [0.5, 0.6) is 0 Å². The predicted molar refractivity (Wildman–Crippen MR) is 138 cm³/mol. The van der Waals surface area contributed by atoms with E-state index in [1.807, 2.05) is 0 Å². The van der Waals surface area contributed by atoms with E-state index in [9.17, 15) is 4.79 Å². The van der Waals surface area contributed by atoms with Crippen molar-refractivity contribution in [2.75, 3.05) is 26.2 Å². The van der Waals surface area contributed by atoms with E-state index in [-0.39, 0.29) is 5.91 Å². The van der Waals surface area contributed by atoms with Gasteiger partial charge < -0.3 is 5.32 Å². The third-order valence-corrected chi connectivity index (χ3v) is 7.08. The van der Waals surface area contributed by atoms with Crippen molar-refractivity contribution >= 4 is 17.3 Å². The first kappa shape index (κ1) is 26.3. The van der Waals surface area contributed by atoms with Crippen molar-refractivity contribution < 1.29 is 4.79 Å². The summed E-state index contributed by atoms with van der Waals surface area (Å²) in [6, 6.07) is 6.57. The van der Waals surface area contributed by atoms with Gasteiger partial charge in [-0.05, 0) is 75.2 Å². The third kappa shape index (κ3) is 8.20. The van der Waals surface area contributed by atoms with E-state index in [2.05, 4.69) is 69.6 Å². The van der Waals surface area contributed by atoms with E-state index < -0.39 is 0 Å². The van der Waals surface area contributed by atoms with E-state index in [0.29, 0.717) is 24.0 Å². The van der Waals surface area contributed by atoms with Crippen molar-refractivity contribution in [2.24, 2.45) is 16.8 Å². The fourth-order valence-electron chi connectivity index (χ4n) is 4.79. The average Bonchev–Trinajstić information content (AvgIpc) is 3.33. The molecule has 1 aromatic carbocycles. The second-order valence-electron chi connectivity index (χ2n) is 9.44. The summed E-state index contributed by atoms with van der Waals surface area (Å²) >= 11 is 0. The normalized spacial score (nSPS) is 15.9. The van der Waals surface area contributed by atoms with Crippen molar-refractivity contribution in [3.8, 4) is 0 Å². The monoisotopic (exact) mass is 439 g/mol. The number of carbonyl (C=O) groups is 1. The van der Waals surface area contributed by atoms with Crippen molar-refractivity contribution in [1.82, 2.24) is 10.2 Å². The van der Waals surface area contributed by atoms with Gasteiger partial charge in [-0.25, -0.2) is 0 Å². The second-order valence-corrected chi connectivity index (χ2v) is 9.44. The van der Waals surface area contributed by atoms with Gasteiger partial charge in [-0.15, -0.1) is 0 Å². The standard InChI is InChI=1S/C28H45N3O/c1-7-24-15-17-27(21(4)18-24)30-23(6)14-16-26(25-12-10-11-13-25)19-29-28(32)22(5)20-31(8-2)9-3/h15,17-18,25-26H,5,7-14,16,19-20H2,1-4,6H3,(H,29,32). The van der Waals surface area contributed by atoms with Gasteiger partial charge in [0.05, 0.1) is 5.69 Å². The van der Waals surface area contributed by atoms with Crippen LogP contribution in [-0.4, -0.2) is 42.7 Å². The van der Waals surface area contributed by atoms with Crippen molar-refractivity contribution in [2.45, 2.75) is 79.6 Å². The molecule has 0 spiro atoms. The number of rotatable bonds is 13. The Morgan fingerprint density at radius 1 is 1.22 bits per heavy atom. The minimum atomic E-state index is 0.0110. The molecular weight excluding hydrogens is 394 g/mol. The number of nitrogens with one attached hydrogen (secondary N) is 1. The Bertz CT molecular complexity index is 773. The zero-order valence-electron chi connectivity index (χ0n) is 21.2. The number of carbonyl (C=O) groups excluding carboxylic acids is 1. The topological polar surface area (TPSA) is 44.7 Å². The molecule has 4 heteroatoms. The van der Waals surface area contributed by atoms with Gasteiger partial charge in [0.2, 0.25) is 5.91 Å². The first-order valence-electron chi connectivity index (χ1n) is 12.7. The van der Waals surface area contributed by atoms with Gasteiger partial charge in [0.15, 0.2) is 0 Å². The van der Waals surface area contributed by atoms with Crippen LogP contribution in [0.4, 0.5) is 5.69 Å². The third-order valence-electron chi connectivity index (χ3n) is 7.08. The van der Waals surface area contributed by atoms with Crippen LogP contribution >= 0.6 is 0 Å². The molecule has 1 unspecified atom stereocenters. The summed E-state index contributed by atoms with van der Waals surface area (Å²) < 4.78 is 0. The first-order chi connectivity index (χ1) is 15.4. The summed E-state index contributed by atoms with van der Waals surface area (Å²) in [6.07, 6.45) is 8.32. The van der Waals surface area contributed by atoms with Crippen molar-refractivity contribution in [3.05, 3.63) is 41.5 Å². The Balaban J connectivity index is 1.94. The Morgan fingerprint density at radius 2 is 1.91 bits per heavy atom. The minimum Gasteiger partial charge on any atom is -0.352 e. The Kier molecular flexibility index (Phi) is 11.2. The van der Waals surface area contributed by atoms with E-state index >= 15 is 0 Å². The largest absolute Gasteiger partial charge is 0.352 e. The van der Waals surface area contributed by atoms with Gasteiger partial charge in [0, 0.05) is 24.4 Å². The number of aliphatic imine (C=N–C) groups is 1. The smallest absolute Gasteiger partial charge is 0.247 e. The number of hydrogen-bond donors (Lipinski definition) is 1. The molecule has 1 aliphatic carbocycles. The average molecular weight is 440 g/mol. The molecule has 0 aromatic heterocycles. The van der Waals surface area contributed by atoms with Gasteiger partial charge in [0.1, 0.15) is 0 Å². The molecule has 2 rings (SSSR count). The molecule has 32 heavy (non-hydrogen) atoms. The molecule has 0 bridgehead atoms. The highest BCUT2D eigenvalue weighted by Crippen LogP contribution is 2.34. The Labute approximate surface area is 196 Å². The van der Waals surface area contributed by atoms with Crippen LogP contribution in [0.25, 0.3) is 0 Å². The summed E-state index contributed by atoms with van der Waals surface area (Å²) in [5.41, 5.74) is 5.53. The molecule has 0 aliphatic heterocycles. The van der Waals surface area contributed by atoms with E-state index in [1.165, 1.54) is 42.5 Å². The highest BCUT2D eigenvalue weighted by Gasteiger charge is 2.25. The molecule has 0 saturated heterocycles. The van der Waals surface area contributed by atoms with Crippen LogP contribution in [0.1, 0.15) is 77.3 Å². The number of nitrogens with zero attached hydrogens (tertiary/aromatic N) is 2. The minimum absolute atomic E-state index is 0.0110. The fraction of sp³-hybridized carbons (Fsp3) is 0.643. The quantitative estimate of drug-likeness (QED) is 0.292. The summed E-state index contributed by atoms with van der Waals surface area (Å²) in [5.74, 6) is 1.23. The Hall–Kier alpha value is -1.94. The maximum absolute atomic E-state index is 12.6. The summed E-state index contributed by atoms with van der Waals surface area (Å²) in [6.45, 7) is 18.0. The van der Waals surface area contributed by atoms with Crippen molar-refractivity contribution in [3.63, 3.8) is 0 Å². The number of likely N-dealkylation sites (N-methyl/N-ethyl adjacent to an activating group) is 1. The van der Waals surface area contributed by atoms with Gasteiger partial charge in [-0.1, -0.05) is 65.2 Å². The maximum Gasteiger partial charge on any atom is 0.247 e. The molecule has 178 valence electrons. The van der Waals surface area contributed by atoms with Crippen LogP contribution in [0.3, 0.4) is 0 Å². The van der Waals surface area contributed by atoms with Gasteiger partial charge in [-0.2, -0.15) is 0 Å².